The van der Waals surface area contributed by atoms with Gasteiger partial charge in [0.05, 0.1) is 10.9 Å². The van der Waals surface area contributed by atoms with Gasteiger partial charge in [-0.3, -0.25) is 4.79 Å². The third kappa shape index (κ3) is 4.37. The van der Waals surface area contributed by atoms with Crippen molar-refractivity contribution in [2.24, 2.45) is 5.92 Å². The molecule has 1 N–H and O–H groups in total. The van der Waals surface area contributed by atoms with E-state index in [1.54, 1.807) is 6.07 Å². The molecule has 1 fully saturated rings. The van der Waals surface area contributed by atoms with Crippen molar-refractivity contribution in [1.29, 1.82) is 0 Å². The van der Waals surface area contributed by atoms with Gasteiger partial charge in [-0.2, -0.15) is 4.31 Å². The van der Waals surface area contributed by atoms with Gasteiger partial charge >= 0.3 is 0 Å². The van der Waals surface area contributed by atoms with Crippen LogP contribution in [0.1, 0.15) is 18.4 Å². The molecular weight excluding hydrogens is 451 g/mol. The summed E-state index contributed by atoms with van der Waals surface area (Å²) < 4.78 is 38.0. The molecule has 10 heteroatoms. The predicted molar refractivity (Wildman–Crippen MR) is 112 cm³/mol. The normalized spacial score (nSPS) is 18.9. The summed E-state index contributed by atoms with van der Waals surface area (Å²) in [7, 11) is -3.85. The average molecular weight is 471 g/mol. The van der Waals surface area contributed by atoms with E-state index < -0.39 is 15.9 Å². The van der Waals surface area contributed by atoms with Crippen molar-refractivity contribution in [2.75, 3.05) is 19.9 Å². The SMILES string of the molecule is O=C(NCc1ccc2c(c1)OCO2)C1CCCN(S(=O)(=O)c2cc(Cl)ccc2Cl)C1. The van der Waals surface area contributed by atoms with Crippen molar-refractivity contribution in [3.63, 3.8) is 0 Å². The second kappa shape index (κ2) is 8.63. The molecule has 4 rings (SSSR count). The first-order valence-electron chi connectivity index (χ1n) is 9.46. The zero-order valence-electron chi connectivity index (χ0n) is 15.9. The van der Waals surface area contributed by atoms with E-state index in [2.05, 4.69) is 5.32 Å². The van der Waals surface area contributed by atoms with Crippen molar-refractivity contribution in [1.82, 2.24) is 9.62 Å². The van der Waals surface area contributed by atoms with Gasteiger partial charge in [0, 0.05) is 24.7 Å². The Hall–Kier alpha value is -2.00. The lowest BCUT2D eigenvalue weighted by molar-refractivity contribution is -0.126. The molecule has 0 bridgehead atoms. The van der Waals surface area contributed by atoms with Gasteiger partial charge in [0.1, 0.15) is 4.90 Å². The van der Waals surface area contributed by atoms with E-state index in [-0.39, 0.29) is 34.2 Å². The Morgan fingerprint density at radius 3 is 2.77 bits per heavy atom. The number of ether oxygens (including phenoxy) is 2. The molecular formula is C20H20Cl2N2O5S. The van der Waals surface area contributed by atoms with Crippen LogP contribution in [-0.2, 0) is 21.4 Å². The highest BCUT2D eigenvalue weighted by molar-refractivity contribution is 7.89. The molecule has 30 heavy (non-hydrogen) atoms. The van der Waals surface area contributed by atoms with Crippen molar-refractivity contribution >= 4 is 39.1 Å². The minimum absolute atomic E-state index is 0.0434. The van der Waals surface area contributed by atoms with Crippen LogP contribution in [0.4, 0.5) is 0 Å². The average Bonchev–Trinajstić information content (AvgIpc) is 3.21. The molecule has 0 spiro atoms. The first kappa shape index (κ1) is 21.2. The molecule has 1 amide bonds. The molecule has 7 nitrogen and oxygen atoms in total. The van der Waals surface area contributed by atoms with Crippen LogP contribution in [0.25, 0.3) is 0 Å². The van der Waals surface area contributed by atoms with E-state index in [1.807, 2.05) is 12.1 Å². The Kier molecular flexibility index (Phi) is 6.11. The molecule has 2 aliphatic heterocycles. The molecule has 160 valence electrons. The minimum Gasteiger partial charge on any atom is -0.454 e. The Morgan fingerprint density at radius 1 is 1.13 bits per heavy atom. The monoisotopic (exact) mass is 470 g/mol. The van der Waals surface area contributed by atoms with E-state index in [0.29, 0.717) is 37.4 Å². The smallest absolute Gasteiger partial charge is 0.244 e. The number of piperidine rings is 1. The maximum absolute atomic E-state index is 13.0. The first-order valence-corrected chi connectivity index (χ1v) is 11.7. The lowest BCUT2D eigenvalue weighted by Crippen LogP contribution is -2.45. The maximum Gasteiger partial charge on any atom is 0.244 e. The highest BCUT2D eigenvalue weighted by Crippen LogP contribution is 2.33. The number of carbonyl (C=O) groups is 1. The van der Waals surface area contributed by atoms with Crippen LogP contribution in [-0.4, -0.2) is 38.5 Å². The largest absolute Gasteiger partial charge is 0.454 e. The Labute approximate surface area is 184 Å². The summed E-state index contributed by atoms with van der Waals surface area (Å²) in [4.78, 5) is 12.7. The quantitative estimate of drug-likeness (QED) is 0.723. The fourth-order valence-corrected chi connectivity index (χ4v) is 5.83. The molecule has 0 aromatic heterocycles. The molecule has 1 saturated heterocycles. The predicted octanol–water partition coefficient (Wildman–Crippen LogP) is 3.44. The van der Waals surface area contributed by atoms with Gasteiger partial charge < -0.3 is 14.8 Å². The van der Waals surface area contributed by atoms with E-state index in [9.17, 15) is 13.2 Å². The van der Waals surface area contributed by atoms with Crippen molar-refractivity contribution < 1.29 is 22.7 Å². The second-order valence-electron chi connectivity index (χ2n) is 7.18. The van der Waals surface area contributed by atoms with Crippen molar-refractivity contribution in [2.45, 2.75) is 24.3 Å². The third-order valence-corrected chi connectivity index (χ3v) is 7.75. The topological polar surface area (TPSA) is 84.9 Å². The zero-order valence-corrected chi connectivity index (χ0v) is 18.3. The number of carbonyl (C=O) groups excluding carboxylic acids is 1. The Morgan fingerprint density at radius 2 is 1.93 bits per heavy atom. The number of benzene rings is 2. The summed E-state index contributed by atoms with van der Waals surface area (Å²) in [5.41, 5.74) is 0.874. The summed E-state index contributed by atoms with van der Waals surface area (Å²) in [5.74, 6) is 0.693. The lowest BCUT2D eigenvalue weighted by atomic mass is 9.98. The van der Waals surface area contributed by atoms with Crippen LogP contribution < -0.4 is 14.8 Å². The first-order chi connectivity index (χ1) is 14.3. The van der Waals surface area contributed by atoms with E-state index in [1.165, 1.54) is 22.5 Å². The standard InChI is InChI=1S/C20H20Cl2N2O5S/c21-15-4-5-16(22)19(9-15)30(26,27)24-7-1-2-14(11-24)20(25)23-10-13-3-6-17-18(8-13)29-12-28-17/h3-6,8-9,14H,1-2,7,10-12H2,(H,23,25). The number of amides is 1. The number of halogens is 2. The molecule has 0 saturated carbocycles. The third-order valence-electron chi connectivity index (χ3n) is 5.17. The molecule has 0 radical (unpaired) electrons. The molecule has 2 aromatic rings. The van der Waals surface area contributed by atoms with E-state index in [4.69, 9.17) is 32.7 Å². The minimum atomic E-state index is -3.85. The number of nitrogens with one attached hydrogen (secondary N) is 1. The van der Waals surface area contributed by atoms with Gasteiger partial charge in [0.2, 0.25) is 22.7 Å². The molecule has 2 aromatic carbocycles. The summed E-state index contributed by atoms with van der Waals surface area (Å²) in [6, 6.07) is 9.80. The molecule has 2 heterocycles. The van der Waals surface area contributed by atoms with Crippen LogP contribution in [0.3, 0.4) is 0 Å². The second-order valence-corrected chi connectivity index (χ2v) is 9.93. The summed E-state index contributed by atoms with van der Waals surface area (Å²) in [6.45, 7) is 0.933. The Bertz CT molecular complexity index is 1080. The maximum atomic E-state index is 13.0. The highest BCUT2D eigenvalue weighted by atomic mass is 35.5. The fraction of sp³-hybridized carbons (Fsp3) is 0.350. The summed E-state index contributed by atoms with van der Waals surface area (Å²) in [6.07, 6.45) is 1.20. The van der Waals surface area contributed by atoms with Crippen molar-refractivity contribution in [3.8, 4) is 11.5 Å². The van der Waals surface area contributed by atoms with Crippen molar-refractivity contribution in [3.05, 3.63) is 52.0 Å². The Balaban J connectivity index is 1.42. The zero-order chi connectivity index (χ0) is 21.3. The van der Waals surface area contributed by atoms with E-state index in [0.717, 1.165) is 5.56 Å². The van der Waals surface area contributed by atoms with E-state index >= 15 is 0 Å². The summed E-state index contributed by atoms with van der Waals surface area (Å²) in [5, 5.41) is 3.28. The van der Waals surface area contributed by atoms with Crippen LogP contribution in [0.15, 0.2) is 41.3 Å². The highest BCUT2D eigenvalue weighted by Gasteiger charge is 2.34. The molecule has 2 aliphatic rings. The number of nitrogens with zero attached hydrogens (tertiary/aromatic N) is 1. The van der Waals surface area contributed by atoms with Crippen LogP contribution in [0.5, 0.6) is 11.5 Å². The van der Waals surface area contributed by atoms with Crippen LogP contribution in [0, 0.1) is 5.92 Å². The fourth-order valence-electron chi connectivity index (χ4n) is 3.57. The van der Waals surface area contributed by atoms with Gasteiger partial charge in [0.25, 0.3) is 0 Å². The number of hydrogen-bond acceptors (Lipinski definition) is 5. The molecule has 1 unspecified atom stereocenters. The van der Waals surface area contributed by atoms with Gasteiger partial charge in [-0.25, -0.2) is 8.42 Å². The number of rotatable bonds is 5. The van der Waals surface area contributed by atoms with Crippen LogP contribution >= 0.6 is 23.2 Å². The number of hydrogen-bond donors (Lipinski definition) is 1. The molecule has 0 aliphatic carbocycles. The van der Waals surface area contributed by atoms with Gasteiger partial charge in [-0.05, 0) is 48.7 Å². The summed E-state index contributed by atoms with van der Waals surface area (Å²) >= 11 is 12.0. The van der Waals surface area contributed by atoms with Crippen LogP contribution in [0.2, 0.25) is 10.0 Å². The van der Waals surface area contributed by atoms with Gasteiger partial charge in [-0.15, -0.1) is 0 Å². The lowest BCUT2D eigenvalue weighted by Gasteiger charge is -2.31. The number of fused-ring (bicyclic) bond motifs is 1. The molecule has 1 atom stereocenters. The number of sulfonamides is 1. The van der Waals surface area contributed by atoms with Gasteiger partial charge in [-0.1, -0.05) is 29.3 Å². The van der Waals surface area contributed by atoms with Gasteiger partial charge in [0.15, 0.2) is 11.5 Å².